The number of ether oxygens (including phenoxy) is 1. The van der Waals surface area contributed by atoms with Gasteiger partial charge in [-0.05, 0) is 43.5 Å². The van der Waals surface area contributed by atoms with Gasteiger partial charge in [-0.1, -0.05) is 18.2 Å². The van der Waals surface area contributed by atoms with Crippen LogP contribution in [0, 0.1) is 0 Å². The Bertz CT molecular complexity index is 893. The summed E-state index contributed by atoms with van der Waals surface area (Å²) in [6.45, 7) is -0.00299. The number of aliphatic hydroxyl groups is 1. The molecule has 2 aromatic rings. The molecule has 0 aliphatic carbocycles. The van der Waals surface area contributed by atoms with Crippen molar-refractivity contribution >= 4 is 15.9 Å². The molecule has 3 N–H and O–H groups in total. The van der Waals surface area contributed by atoms with E-state index < -0.39 is 16.1 Å². The first-order chi connectivity index (χ1) is 14.0. The summed E-state index contributed by atoms with van der Waals surface area (Å²) < 4.78 is 33.0. The Hall–Kier alpha value is -2.33. The second-order valence-electron chi connectivity index (χ2n) is 6.88. The van der Waals surface area contributed by atoms with Crippen molar-refractivity contribution < 1.29 is 23.1 Å². The number of rotatable bonds is 8. The Morgan fingerprint density at radius 3 is 2.66 bits per heavy atom. The Kier molecular flexibility index (Phi) is 7.32. The lowest BCUT2D eigenvalue weighted by Crippen LogP contribution is -2.51. The summed E-state index contributed by atoms with van der Waals surface area (Å²) >= 11 is 0. The zero-order chi connectivity index (χ0) is 20.7. The quantitative estimate of drug-likeness (QED) is 0.590. The van der Waals surface area contributed by atoms with E-state index in [1.165, 1.54) is 18.3 Å². The lowest BCUT2D eigenvalue weighted by Gasteiger charge is -2.36. The first kappa shape index (κ1) is 21.4. The molecule has 1 fully saturated rings. The van der Waals surface area contributed by atoms with Crippen molar-refractivity contribution in [1.29, 1.82) is 0 Å². The number of amides is 1. The van der Waals surface area contributed by atoms with Gasteiger partial charge in [-0.3, -0.25) is 9.78 Å². The van der Waals surface area contributed by atoms with E-state index in [9.17, 15) is 18.3 Å². The summed E-state index contributed by atoms with van der Waals surface area (Å²) in [6.07, 6.45) is 4.10. The van der Waals surface area contributed by atoms with Crippen molar-refractivity contribution in [3.8, 4) is 0 Å². The van der Waals surface area contributed by atoms with Crippen molar-refractivity contribution in [3.63, 3.8) is 0 Å². The topological polar surface area (TPSA) is 118 Å². The SMILES string of the molecule is O=C(N[C@H]1CC[C@H](CCNS(=O)(=O)c2ccccc2)O[C@@H]1CO)c1cccnc1. The number of nitrogens with one attached hydrogen (secondary N) is 2. The van der Waals surface area contributed by atoms with Crippen molar-refractivity contribution in [2.75, 3.05) is 13.2 Å². The van der Waals surface area contributed by atoms with Gasteiger partial charge in [-0.2, -0.15) is 0 Å². The molecule has 29 heavy (non-hydrogen) atoms. The predicted molar refractivity (Wildman–Crippen MR) is 107 cm³/mol. The number of carbonyl (C=O) groups excluding carboxylic acids is 1. The summed E-state index contributed by atoms with van der Waals surface area (Å²) in [5.74, 6) is -0.265. The number of aromatic nitrogens is 1. The summed E-state index contributed by atoms with van der Waals surface area (Å²) in [4.78, 5) is 16.5. The van der Waals surface area contributed by atoms with Gasteiger partial charge in [0.25, 0.3) is 5.91 Å². The minimum atomic E-state index is -3.56. The van der Waals surface area contributed by atoms with Crippen LogP contribution < -0.4 is 10.0 Å². The van der Waals surface area contributed by atoms with Crippen LogP contribution >= 0.6 is 0 Å². The van der Waals surface area contributed by atoms with Crippen LogP contribution in [-0.4, -0.2) is 55.8 Å². The smallest absolute Gasteiger partial charge is 0.253 e. The van der Waals surface area contributed by atoms with Gasteiger partial charge in [0.05, 0.1) is 29.2 Å². The summed E-state index contributed by atoms with van der Waals surface area (Å²) in [5.41, 5.74) is 0.446. The fourth-order valence-electron chi connectivity index (χ4n) is 3.30. The Morgan fingerprint density at radius 1 is 1.17 bits per heavy atom. The number of hydrogen-bond donors (Lipinski definition) is 3. The maximum Gasteiger partial charge on any atom is 0.253 e. The molecular formula is C20H25N3O5S. The summed E-state index contributed by atoms with van der Waals surface area (Å²) in [6, 6.07) is 11.2. The lowest BCUT2D eigenvalue weighted by molar-refractivity contribution is -0.0891. The molecular weight excluding hydrogens is 394 g/mol. The number of benzene rings is 1. The summed E-state index contributed by atoms with van der Waals surface area (Å²) in [7, 11) is -3.56. The van der Waals surface area contributed by atoms with Gasteiger partial charge >= 0.3 is 0 Å². The lowest BCUT2D eigenvalue weighted by atomic mass is 9.97. The van der Waals surface area contributed by atoms with Crippen LogP contribution in [0.4, 0.5) is 0 Å². The first-order valence-corrected chi connectivity index (χ1v) is 11.0. The minimum absolute atomic E-state index is 0.197. The fourth-order valence-corrected chi connectivity index (χ4v) is 4.36. The van der Waals surface area contributed by atoms with E-state index in [4.69, 9.17) is 4.74 Å². The highest BCUT2D eigenvalue weighted by atomic mass is 32.2. The van der Waals surface area contributed by atoms with Crippen molar-refractivity contribution in [1.82, 2.24) is 15.0 Å². The van der Waals surface area contributed by atoms with Crippen molar-refractivity contribution in [2.45, 2.75) is 42.4 Å². The number of aliphatic hydroxyl groups excluding tert-OH is 1. The average molecular weight is 420 g/mol. The third-order valence-electron chi connectivity index (χ3n) is 4.85. The van der Waals surface area contributed by atoms with Gasteiger partial charge in [0.15, 0.2) is 0 Å². The molecule has 156 valence electrons. The number of pyridine rings is 1. The van der Waals surface area contributed by atoms with Crippen LogP contribution in [0.3, 0.4) is 0 Å². The van der Waals surface area contributed by atoms with Crippen LogP contribution in [-0.2, 0) is 14.8 Å². The normalized spacial score (nSPS) is 22.2. The van der Waals surface area contributed by atoms with Crippen molar-refractivity contribution in [2.24, 2.45) is 0 Å². The highest BCUT2D eigenvalue weighted by molar-refractivity contribution is 7.89. The van der Waals surface area contributed by atoms with Gasteiger partial charge in [0.1, 0.15) is 6.10 Å². The van der Waals surface area contributed by atoms with E-state index in [0.717, 1.165) is 0 Å². The molecule has 1 aliphatic rings. The molecule has 1 aromatic carbocycles. The molecule has 2 heterocycles. The molecule has 1 aliphatic heterocycles. The van der Waals surface area contributed by atoms with E-state index in [1.807, 2.05) is 0 Å². The van der Waals surface area contributed by atoms with E-state index in [2.05, 4.69) is 15.0 Å². The number of hydrogen-bond acceptors (Lipinski definition) is 6. The Balaban J connectivity index is 1.49. The molecule has 1 amide bonds. The van der Waals surface area contributed by atoms with Gasteiger partial charge in [-0.25, -0.2) is 13.1 Å². The van der Waals surface area contributed by atoms with E-state index in [0.29, 0.717) is 24.8 Å². The van der Waals surface area contributed by atoms with Crippen LogP contribution in [0.2, 0.25) is 0 Å². The second kappa shape index (κ2) is 9.93. The van der Waals surface area contributed by atoms with Crippen LogP contribution in [0.15, 0.2) is 59.8 Å². The van der Waals surface area contributed by atoms with Gasteiger partial charge in [0, 0.05) is 18.9 Å². The fraction of sp³-hybridized carbons (Fsp3) is 0.400. The van der Waals surface area contributed by atoms with E-state index >= 15 is 0 Å². The second-order valence-corrected chi connectivity index (χ2v) is 8.64. The molecule has 0 spiro atoms. The molecule has 0 bridgehead atoms. The van der Waals surface area contributed by atoms with Crippen molar-refractivity contribution in [3.05, 3.63) is 60.4 Å². The highest BCUT2D eigenvalue weighted by Gasteiger charge is 2.32. The molecule has 1 aromatic heterocycles. The molecule has 9 heteroatoms. The summed E-state index contributed by atoms with van der Waals surface area (Å²) in [5, 5.41) is 12.5. The van der Waals surface area contributed by atoms with Gasteiger partial charge in [-0.15, -0.1) is 0 Å². The van der Waals surface area contributed by atoms with Crippen LogP contribution in [0.5, 0.6) is 0 Å². The average Bonchev–Trinajstić information content (AvgIpc) is 2.75. The third-order valence-corrected chi connectivity index (χ3v) is 6.32. The third kappa shape index (κ3) is 5.83. The Labute approximate surface area is 170 Å². The molecule has 3 atom stereocenters. The molecule has 8 nitrogen and oxygen atoms in total. The zero-order valence-corrected chi connectivity index (χ0v) is 16.7. The first-order valence-electron chi connectivity index (χ1n) is 9.51. The van der Waals surface area contributed by atoms with Gasteiger partial charge < -0.3 is 15.2 Å². The largest absolute Gasteiger partial charge is 0.394 e. The van der Waals surface area contributed by atoms with Crippen LogP contribution in [0.25, 0.3) is 0 Å². The minimum Gasteiger partial charge on any atom is -0.394 e. The number of carbonyl (C=O) groups is 1. The van der Waals surface area contributed by atoms with Crippen LogP contribution in [0.1, 0.15) is 29.6 Å². The van der Waals surface area contributed by atoms with E-state index in [-0.39, 0.29) is 36.1 Å². The number of nitrogens with zero attached hydrogens (tertiary/aromatic N) is 1. The molecule has 0 radical (unpaired) electrons. The molecule has 0 unspecified atom stereocenters. The predicted octanol–water partition coefficient (Wildman–Crippen LogP) is 1.09. The van der Waals surface area contributed by atoms with Gasteiger partial charge in [0.2, 0.25) is 10.0 Å². The molecule has 1 saturated heterocycles. The molecule has 3 rings (SSSR count). The maximum absolute atomic E-state index is 12.3. The Morgan fingerprint density at radius 2 is 1.97 bits per heavy atom. The maximum atomic E-state index is 12.3. The molecule has 0 saturated carbocycles. The monoisotopic (exact) mass is 419 g/mol. The highest BCUT2D eigenvalue weighted by Crippen LogP contribution is 2.22. The van der Waals surface area contributed by atoms with E-state index in [1.54, 1.807) is 36.5 Å². The number of sulfonamides is 1. The standard InChI is InChI=1S/C20H25N3O5S/c24-14-19-18(23-20(25)15-5-4-11-21-13-15)9-8-16(28-19)10-12-22-29(26,27)17-6-2-1-3-7-17/h1-7,11,13,16,18-19,22,24H,8-10,12,14H2,(H,23,25)/t16-,18+,19-/m1/s1. The zero-order valence-electron chi connectivity index (χ0n) is 15.9.